The zero-order valence-corrected chi connectivity index (χ0v) is 22.0. The van der Waals surface area contributed by atoms with E-state index >= 15 is 0 Å². The Morgan fingerprint density at radius 2 is 0.833 bits per heavy atom. The topological polar surface area (TPSA) is 92.5 Å². The molecule has 2 aliphatic rings. The molecule has 0 spiro atoms. The van der Waals surface area contributed by atoms with Gasteiger partial charge < -0.3 is 21.7 Å². The summed E-state index contributed by atoms with van der Waals surface area (Å²) in [6.45, 7) is 4.26. The van der Waals surface area contributed by atoms with Gasteiger partial charge in [0.2, 0.25) is 0 Å². The number of rotatable bonds is 2. The van der Waals surface area contributed by atoms with Gasteiger partial charge in [0.25, 0.3) is 0 Å². The van der Waals surface area contributed by atoms with E-state index in [4.69, 9.17) is 11.5 Å². The smallest absolute Gasteiger partial charge is 0.146 e. The Kier molecular flexibility index (Phi) is 9.48. The molecule has 0 atom stereocenters. The highest BCUT2D eigenvalue weighted by molar-refractivity contribution is 5.52. The first kappa shape index (κ1) is 28.1. The zero-order chi connectivity index (χ0) is 26.3. The molecule has 6 heteroatoms. The Hall–Kier alpha value is -2.50. The van der Waals surface area contributed by atoms with Gasteiger partial charge in [0.05, 0.1) is 11.4 Å². The molecule has 36 heavy (non-hydrogen) atoms. The summed E-state index contributed by atoms with van der Waals surface area (Å²) < 4.78 is 27.3. The van der Waals surface area contributed by atoms with E-state index in [1.807, 2.05) is 0 Å². The normalized spacial score (nSPS) is 20.1. The third-order valence-electron chi connectivity index (χ3n) is 8.44. The molecule has 4 nitrogen and oxygen atoms in total. The van der Waals surface area contributed by atoms with E-state index in [1.54, 1.807) is 0 Å². The van der Waals surface area contributed by atoms with Crippen molar-refractivity contribution in [3.63, 3.8) is 0 Å². The summed E-state index contributed by atoms with van der Waals surface area (Å²) >= 11 is 0. The molecule has 2 fully saturated rings. The van der Waals surface area contributed by atoms with Crippen LogP contribution in [0.4, 0.5) is 20.2 Å². The molecule has 2 aliphatic carbocycles. The first-order valence-corrected chi connectivity index (χ1v) is 13.6. The quantitative estimate of drug-likeness (QED) is 0.311. The third kappa shape index (κ3) is 6.83. The number of halogens is 2. The molecule has 0 heterocycles. The Balaban J connectivity index is 0.000000201. The van der Waals surface area contributed by atoms with Crippen molar-refractivity contribution in [2.75, 3.05) is 11.5 Å². The van der Waals surface area contributed by atoms with Crippen LogP contribution in [0, 0.1) is 11.6 Å². The SMILES string of the molecule is CC1(c2cc(F)c(N)cc2O)CCCCCCC1.CC1(c2cc(F)c(N)cc2O)CCCCCCC1. The Morgan fingerprint density at radius 1 is 0.556 bits per heavy atom. The Labute approximate surface area is 215 Å². The fourth-order valence-electron chi connectivity index (χ4n) is 6.03. The lowest BCUT2D eigenvalue weighted by molar-refractivity contribution is 0.326. The van der Waals surface area contributed by atoms with Gasteiger partial charge in [-0.25, -0.2) is 8.78 Å². The van der Waals surface area contributed by atoms with Crippen LogP contribution >= 0.6 is 0 Å². The molecule has 2 saturated carbocycles. The minimum atomic E-state index is -0.425. The molecule has 0 unspecified atom stereocenters. The highest BCUT2D eigenvalue weighted by atomic mass is 19.1. The van der Waals surface area contributed by atoms with Gasteiger partial charge in [-0.2, -0.15) is 0 Å². The number of phenols is 2. The van der Waals surface area contributed by atoms with E-state index in [9.17, 15) is 19.0 Å². The lowest BCUT2D eigenvalue weighted by Crippen LogP contribution is -2.23. The molecule has 2 aromatic rings. The number of phenolic OH excluding ortho intramolecular Hbond substituents is 2. The molecule has 0 bridgehead atoms. The minimum absolute atomic E-state index is 0.0192. The lowest BCUT2D eigenvalue weighted by Gasteiger charge is -2.32. The molecule has 2 aromatic carbocycles. The van der Waals surface area contributed by atoms with Crippen molar-refractivity contribution >= 4 is 11.4 Å². The van der Waals surface area contributed by atoms with Crippen LogP contribution in [0.3, 0.4) is 0 Å². The maximum Gasteiger partial charge on any atom is 0.146 e. The number of benzene rings is 2. The monoisotopic (exact) mass is 502 g/mol. The number of nitrogen functional groups attached to an aromatic ring is 2. The van der Waals surface area contributed by atoms with Crippen molar-refractivity contribution in [1.29, 1.82) is 0 Å². The largest absolute Gasteiger partial charge is 0.508 e. The Bertz CT molecular complexity index is 927. The van der Waals surface area contributed by atoms with Crippen molar-refractivity contribution in [2.45, 2.75) is 115 Å². The zero-order valence-electron chi connectivity index (χ0n) is 22.0. The average molecular weight is 503 g/mol. The van der Waals surface area contributed by atoms with Crippen LogP contribution in [0.5, 0.6) is 11.5 Å². The van der Waals surface area contributed by atoms with Gasteiger partial charge >= 0.3 is 0 Å². The van der Waals surface area contributed by atoms with Gasteiger partial charge in [0, 0.05) is 23.3 Å². The number of hydrogen-bond acceptors (Lipinski definition) is 4. The molecular weight excluding hydrogens is 458 g/mol. The summed E-state index contributed by atoms with van der Waals surface area (Å²) in [4.78, 5) is 0. The predicted octanol–water partition coefficient (Wildman–Crippen LogP) is 8.23. The van der Waals surface area contributed by atoms with E-state index in [1.165, 1.54) is 62.8 Å². The van der Waals surface area contributed by atoms with Crippen molar-refractivity contribution in [3.05, 3.63) is 47.0 Å². The van der Waals surface area contributed by atoms with Crippen LogP contribution in [0.25, 0.3) is 0 Å². The standard InChI is InChI=1S/2C15H22FNO/c2*1-15(7-5-3-2-4-6-8-15)11-9-12(16)13(17)10-14(11)18/h2*9-10,18H,2-8,17H2,1H3. The van der Waals surface area contributed by atoms with Crippen LogP contribution in [0.1, 0.15) is 115 Å². The number of hydrogen-bond donors (Lipinski definition) is 4. The second-order valence-corrected chi connectivity index (χ2v) is 11.4. The van der Waals surface area contributed by atoms with Crippen molar-refractivity contribution < 1.29 is 19.0 Å². The van der Waals surface area contributed by atoms with Crippen LogP contribution in [0.2, 0.25) is 0 Å². The number of aromatic hydroxyl groups is 2. The number of anilines is 2. The van der Waals surface area contributed by atoms with Gasteiger partial charge in [-0.1, -0.05) is 78.1 Å². The van der Waals surface area contributed by atoms with E-state index < -0.39 is 11.6 Å². The molecule has 0 aliphatic heterocycles. The van der Waals surface area contributed by atoms with Crippen LogP contribution in [-0.4, -0.2) is 10.2 Å². The molecule has 0 amide bonds. The van der Waals surface area contributed by atoms with Crippen LogP contribution < -0.4 is 11.5 Å². The molecule has 0 aromatic heterocycles. The summed E-state index contributed by atoms with van der Waals surface area (Å²) in [5, 5.41) is 20.1. The van der Waals surface area contributed by atoms with E-state index in [-0.39, 0.29) is 33.7 Å². The first-order valence-electron chi connectivity index (χ1n) is 13.6. The third-order valence-corrected chi connectivity index (χ3v) is 8.44. The van der Waals surface area contributed by atoms with Crippen molar-refractivity contribution in [1.82, 2.24) is 0 Å². The molecule has 0 radical (unpaired) electrons. The van der Waals surface area contributed by atoms with E-state index in [2.05, 4.69) is 13.8 Å². The second-order valence-electron chi connectivity index (χ2n) is 11.4. The predicted molar refractivity (Wildman–Crippen MR) is 144 cm³/mol. The minimum Gasteiger partial charge on any atom is -0.508 e. The molecule has 4 rings (SSSR count). The fraction of sp³-hybridized carbons (Fsp3) is 0.600. The van der Waals surface area contributed by atoms with Crippen molar-refractivity contribution in [2.24, 2.45) is 0 Å². The molecule has 200 valence electrons. The van der Waals surface area contributed by atoms with Gasteiger partial charge in [0.15, 0.2) is 0 Å². The highest BCUT2D eigenvalue weighted by Gasteiger charge is 2.31. The van der Waals surface area contributed by atoms with Crippen LogP contribution in [0.15, 0.2) is 24.3 Å². The Morgan fingerprint density at radius 3 is 1.14 bits per heavy atom. The highest BCUT2D eigenvalue weighted by Crippen LogP contribution is 2.43. The van der Waals surface area contributed by atoms with Gasteiger partial charge in [-0.15, -0.1) is 0 Å². The first-order chi connectivity index (χ1) is 17.1. The van der Waals surface area contributed by atoms with Crippen molar-refractivity contribution in [3.8, 4) is 11.5 Å². The van der Waals surface area contributed by atoms with Gasteiger partial charge in [-0.3, -0.25) is 0 Å². The van der Waals surface area contributed by atoms with E-state index in [0.29, 0.717) is 0 Å². The molecule has 0 saturated heterocycles. The molecule has 6 N–H and O–H groups in total. The second kappa shape index (κ2) is 12.2. The summed E-state index contributed by atoms with van der Waals surface area (Å²) in [5.74, 6) is -0.578. The lowest BCUT2D eigenvalue weighted by atomic mass is 9.72. The molecular formula is C30H44F2N2O2. The number of nitrogens with two attached hydrogens (primary N) is 2. The summed E-state index contributed by atoms with van der Waals surface area (Å²) in [6, 6.07) is 5.53. The fourth-order valence-corrected chi connectivity index (χ4v) is 6.03. The summed E-state index contributed by atoms with van der Waals surface area (Å²) in [6.07, 6.45) is 16.1. The van der Waals surface area contributed by atoms with E-state index in [0.717, 1.165) is 62.5 Å². The average Bonchev–Trinajstić information content (AvgIpc) is 2.79. The summed E-state index contributed by atoms with van der Waals surface area (Å²) in [7, 11) is 0. The maximum atomic E-state index is 13.6. The maximum absolute atomic E-state index is 13.6. The van der Waals surface area contributed by atoms with Crippen LogP contribution in [-0.2, 0) is 10.8 Å². The van der Waals surface area contributed by atoms with Gasteiger partial charge in [-0.05, 0) is 48.6 Å². The van der Waals surface area contributed by atoms with Gasteiger partial charge in [0.1, 0.15) is 23.1 Å². The summed E-state index contributed by atoms with van der Waals surface area (Å²) in [5.41, 5.74) is 12.2.